The number of methoxy groups -OCH3 is 1. The highest BCUT2D eigenvalue weighted by Gasteiger charge is 2.14. The molecule has 0 fully saturated rings. The fraction of sp³-hybridized carbons (Fsp3) is 0.381. The van der Waals surface area contributed by atoms with Crippen molar-refractivity contribution < 1.29 is 17.9 Å². The molecule has 0 saturated carbocycles. The number of carbonyl (C=O) groups is 1. The third-order valence-corrected chi connectivity index (χ3v) is 6.17. The van der Waals surface area contributed by atoms with Crippen LogP contribution in [-0.2, 0) is 10.0 Å². The SMILES string of the molecule is CCN(CC)CCNS(=O)(=O)c1ccc(NC(=O)c2ccc(OC)c(C)c2)cc1. The number of carbonyl (C=O) groups excluding carboxylic acids is 1. The third-order valence-electron chi connectivity index (χ3n) is 4.69. The Labute approximate surface area is 173 Å². The number of amides is 1. The summed E-state index contributed by atoms with van der Waals surface area (Å²) < 4.78 is 32.6. The van der Waals surface area contributed by atoms with Crippen molar-refractivity contribution in [3.05, 3.63) is 53.6 Å². The second-order valence-corrected chi connectivity index (χ2v) is 8.35. The molecule has 0 heterocycles. The number of ether oxygens (including phenoxy) is 1. The summed E-state index contributed by atoms with van der Waals surface area (Å²) in [6, 6.07) is 11.3. The zero-order chi connectivity index (χ0) is 21.4. The Morgan fingerprint density at radius 3 is 2.28 bits per heavy atom. The fourth-order valence-electron chi connectivity index (χ4n) is 2.90. The third kappa shape index (κ3) is 6.28. The van der Waals surface area contributed by atoms with Crippen molar-refractivity contribution >= 4 is 21.6 Å². The van der Waals surface area contributed by atoms with E-state index in [0.29, 0.717) is 30.1 Å². The summed E-state index contributed by atoms with van der Waals surface area (Å²) >= 11 is 0. The number of anilines is 1. The number of rotatable bonds is 10. The lowest BCUT2D eigenvalue weighted by atomic mass is 10.1. The minimum Gasteiger partial charge on any atom is -0.496 e. The van der Waals surface area contributed by atoms with Crippen molar-refractivity contribution in [2.45, 2.75) is 25.7 Å². The lowest BCUT2D eigenvalue weighted by molar-refractivity contribution is 0.102. The summed E-state index contributed by atoms with van der Waals surface area (Å²) in [5.74, 6) is 0.438. The maximum atomic E-state index is 12.4. The van der Waals surface area contributed by atoms with E-state index in [9.17, 15) is 13.2 Å². The van der Waals surface area contributed by atoms with Crippen molar-refractivity contribution in [1.82, 2.24) is 9.62 Å². The smallest absolute Gasteiger partial charge is 0.255 e. The van der Waals surface area contributed by atoms with Gasteiger partial charge in [-0.15, -0.1) is 0 Å². The topological polar surface area (TPSA) is 87.7 Å². The molecule has 0 aliphatic carbocycles. The average Bonchev–Trinajstić information content (AvgIpc) is 2.71. The second kappa shape index (κ2) is 10.4. The first kappa shape index (κ1) is 22.9. The van der Waals surface area contributed by atoms with Gasteiger partial charge in [0.1, 0.15) is 5.75 Å². The summed E-state index contributed by atoms with van der Waals surface area (Å²) in [6.45, 7) is 8.70. The Morgan fingerprint density at radius 2 is 1.72 bits per heavy atom. The van der Waals surface area contributed by atoms with E-state index in [-0.39, 0.29) is 10.8 Å². The first-order chi connectivity index (χ1) is 13.8. The molecule has 0 saturated heterocycles. The molecule has 0 radical (unpaired) electrons. The van der Waals surface area contributed by atoms with Gasteiger partial charge in [-0.05, 0) is 68.0 Å². The lowest BCUT2D eigenvalue weighted by Crippen LogP contribution is -2.34. The van der Waals surface area contributed by atoms with Crippen molar-refractivity contribution in [1.29, 1.82) is 0 Å². The Bertz CT molecular complexity index is 923. The number of hydrogen-bond donors (Lipinski definition) is 2. The summed E-state index contributed by atoms with van der Waals surface area (Å²) in [5.41, 5.74) is 1.88. The van der Waals surface area contributed by atoms with Crippen LogP contribution >= 0.6 is 0 Å². The van der Waals surface area contributed by atoms with Crippen molar-refractivity contribution in [3.8, 4) is 5.75 Å². The van der Waals surface area contributed by atoms with Gasteiger partial charge in [0, 0.05) is 24.3 Å². The maximum Gasteiger partial charge on any atom is 0.255 e. The molecule has 7 nitrogen and oxygen atoms in total. The van der Waals surface area contributed by atoms with E-state index < -0.39 is 10.0 Å². The summed E-state index contributed by atoms with van der Waals surface area (Å²) in [6.07, 6.45) is 0. The van der Waals surface area contributed by atoms with Crippen LogP contribution in [-0.4, -0.2) is 52.5 Å². The molecule has 8 heteroatoms. The molecule has 0 bridgehead atoms. The van der Waals surface area contributed by atoms with Gasteiger partial charge in [0.2, 0.25) is 10.0 Å². The Balaban J connectivity index is 2.00. The minimum atomic E-state index is -3.59. The van der Waals surface area contributed by atoms with Gasteiger partial charge in [-0.25, -0.2) is 13.1 Å². The van der Waals surface area contributed by atoms with Crippen LogP contribution in [0.1, 0.15) is 29.8 Å². The van der Waals surface area contributed by atoms with Crippen molar-refractivity contribution in [3.63, 3.8) is 0 Å². The van der Waals surface area contributed by atoms with Crippen LogP contribution in [0.3, 0.4) is 0 Å². The van der Waals surface area contributed by atoms with Gasteiger partial charge in [-0.2, -0.15) is 0 Å². The average molecular weight is 420 g/mol. The summed E-state index contributed by atoms with van der Waals surface area (Å²) in [7, 11) is -2.01. The number of sulfonamides is 1. The van der Waals surface area contributed by atoms with Crippen LogP contribution in [0, 0.1) is 6.92 Å². The highest BCUT2D eigenvalue weighted by molar-refractivity contribution is 7.89. The number of nitrogens with zero attached hydrogens (tertiary/aromatic N) is 1. The largest absolute Gasteiger partial charge is 0.496 e. The standard InChI is InChI=1S/C21H29N3O4S/c1-5-24(6-2)14-13-22-29(26,27)19-10-8-18(9-11-19)23-21(25)17-7-12-20(28-4)16(3)15-17/h7-12,15,22H,5-6,13-14H2,1-4H3,(H,23,25). The molecule has 0 aliphatic rings. The maximum absolute atomic E-state index is 12.4. The van der Waals surface area contributed by atoms with Gasteiger partial charge >= 0.3 is 0 Å². The number of hydrogen-bond acceptors (Lipinski definition) is 5. The molecule has 158 valence electrons. The quantitative estimate of drug-likeness (QED) is 0.618. The number of likely N-dealkylation sites (N-methyl/N-ethyl adjacent to an activating group) is 1. The van der Waals surface area contributed by atoms with Crippen LogP contribution in [0.15, 0.2) is 47.4 Å². The second-order valence-electron chi connectivity index (χ2n) is 6.59. The zero-order valence-electron chi connectivity index (χ0n) is 17.4. The monoisotopic (exact) mass is 419 g/mol. The summed E-state index contributed by atoms with van der Waals surface area (Å²) in [5, 5.41) is 2.77. The molecule has 1 amide bonds. The minimum absolute atomic E-state index is 0.162. The van der Waals surface area contributed by atoms with E-state index in [1.165, 1.54) is 12.1 Å². The normalized spacial score (nSPS) is 11.5. The van der Waals surface area contributed by atoms with Crippen LogP contribution in [0.25, 0.3) is 0 Å². The van der Waals surface area contributed by atoms with Crippen LogP contribution in [0.5, 0.6) is 5.75 Å². The van der Waals surface area contributed by atoms with E-state index in [4.69, 9.17) is 4.74 Å². The molecule has 0 atom stereocenters. The van der Waals surface area contributed by atoms with Crippen LogP contribution in [0.4, 0.5) is 5.69 Å². The first-order valence-corrected chi connectivity index (χ1v) is 11.1. The van der Waals surface area contributed by atoms with E-state index in [1.807, 2.05) is 20.8 Å². The van der Waals surface area contributed by atoms with Crippen LogP contribution in [0.2, 0.25) is 0 Å². The first-order valence-electron chi connectivity index (χ1n) is 9.58. The number of aryl methyl sites for hydroxylation is 1. The predicted octanol–water partition coefficient (Wildman–Crippen LogP) is 2.88. The molecule has 29 heavy (non-hydrogen) atoms. The molecule has 0 spiro atoms. The van der Waals surface area contributed by atoms with Gasteiger partial charge < -0.3 is 15.0 Å². The highest BCUT2D eigenvalue weighted by Crippen LogP contribution is 2.20. The molecular weight excluding hydrogens is 390 g/mol. The molecule has 2 rings (SSSR count). The molecular formula is C21H29N3O4S. The Kier molecular flexibility index (Phi) is 8.19. The molecule has 0 aliphatic heterocycles. The Hall–Kier alpha value is -2.42. The summed E-state index contributed by atoms with van der Waals surface area (Å²) in [4.78, 5) is 14.7. The van der Waals surface area contributed by atoms with Gasteiger partial charge in [0.15, 0.2) is 0 Å². The molecule has 2 aromatic rings. The highest BCUT2D eigenvalue weighted by atomic mass is 32.2. The molecule has 2 N–H and O–H groups in total. The zero-order valence-corrected chi connectivity index (χ0v) is 18.2. The van der Waals surface area contributed by atoms with Crippen molar-refractivity contribution in [2.24, 2.45) is 0 Å². The Morgan fingerprint density at radius 1 is 1.07 bits per heavy atom. The molecule has 0 aromatic heterocycles. The molecule has 0 unspecified atom stereocenters. The van der Waals surface area contributed by atoms with E-state index in [0.717, 1.165) is 18.7 Å². The van der Waals surface area contributed by atoms with Gasteiger partial charge in [-0.1, -0.05) is 13.8 Å². The number of benzene rings is 2. The van der Waals surface area contributed by atoms with Gasteiger partial charge in [0.25, 0.3) is 5.91 Å². The van der Waals surface area contributed by atoms with Gasteiger partial charge in [-0.3, -0.25) is 4.79 Å². The molecule has 2 aromatic carbocycles. The predicted molar refractivity (Wildman–Crippen MR) is 115 cm³/mol. The van der Waals surface area contributed by atoms with E-state index >= 15 is 0 Å². The fourth-order valence-corrected chi connectivity index (χ4v) is 3.92. The number of nitrogens with one attached hydrogen (secondary N) is 2. The van der Waals surface area contributed by atoms with E-state index in [1.54, 1.807) is 37.4 Å². The lowest BCUT2D eigenvalue weighted by Gasteiger charge is -2.18. The van der Waals surface area contributed by atoms with E-state index in [2.05, 4.69) is 14.9 Å². The van der Waals surface area contributed by atoms with Gasteiger partial charge in [0.05, 0.1) is 12.0 Å². The van der Waals surface area contributed by atoms with Crippen molar-refractivity contribution in [2.75, 3.05) is 38.6 Å². The van der Waals surface area contributed by atoms with Crippen LogP contribution < -0.4 is 14.8 Å².